The van der Waals surface area contributed by atoms with Crippen molar-refractivity contribution in [1.29, 1.82) is 0 Å². The summed E-state index contributed by atoms with van der Waals surface area (Å²) in [6.45, 7) is 0.0655. The normalized spacial score (nSPS) is 22.1. The third kappa shape index (κ3) is 3.01. The average Bonchev–Trinajstić information content (AvgIpc) is 3.12. The number of rotatable bonds is 4. The molecule has 2 heterocycles. The Morgan fingerprint density at radius 2 is 1.92 bits per heavy atom. The molecule has 1 aliphatic heterocycles. The monoisotopic (exact) mass is 373 g/mol. The molecule has 0 bridgehead atoms. The van der Waals surface area contributed by atoms with E-state index in [1.54, 1.807) is 6.07 Å². The molecule has 1 aliphatic carbocycles. The van der Waals surface area contributed by atoms with E-state index in [1.807, 2.05) is 12.2 Å². The van der Waals surface area contributed by atoms with E-state index in [9.17, 15) is 18.8 Å². The fourth-order valence-electron chi connectivity index (χ4n) is 3.44. The Labute approximate surface area is 152 Å². The summed E-state index contributed by atoms with van der Waals surface area (Å²) in [7, 11) is 0. The van der Waals surface area contributed by atoms with E-state index in [0.717, 1.165) is 0 Å². The third-order valence-corrected chi connectivity index (χ3v) is 5.69. The molecule has 0 saturated carbocycles. The summed E-state index contributed by atoms with van der Waals surface area (Å²) in [4.78, 5) is 42.3. The number of hydrogen-bond acceptors (Lipinski definition) is 5. The Hall–Kier alpha value is -2.61. The highest BCUT2D eigenvalue weighted by atomic mass is 32.1. The number of amides is 3. The lowest BCUT2D eigenvalue weighted by Gasteiger charge is -2.14. The van der Waals surface area contributed by atoms with E-state index in [4.69, 9.17) is 0 Å². The van der Waals surface area contributed by atoms with Crippen LogP contribution in [0.5, 0.6) is 0 Å². The summed E-state index contributed by atoms with van der Waals surface area (Å²) in [6.07, 6.45) is 5.03. The molecular formula is C18H16FN3O3S. The topological polar surface area (TPSA) is 79.4 Å². The Morgan fingerprint density at radius 3 is 2.62 bits per heavy atom. The second kappa shape index (κ2) is 6.60. The van der Waals surface area contributed by atoms with Gasteiger partial charge in [0.25, 0.3) is 0 Å². The molecular weight excluding hydrogens is 357 g/mol. The Bertz CT molecular complexity index is 913. The summed E-state index contributed by atoms with van der Waals surface area (Å²) in [5.74, 6) is -1.64. The van der Waals surface area contributed by atoms with Gasteiger partial charge in [-0.1, -0.05) is 23.5 Å². The van der Waals surface area contributed by atoms with Gasteiger partial charge in [-0.2, -0.15) is 0 Å². The molecule has 134 valence electrons. The number of hydrogen-bond donors (Lipinski definition) is 1. The summed E-state index contributed by atoms with van der Waals surface area (Å²) in [5.41, 5.74) is 0.605. The van der Waals surface area contributed by atoms with Crippen molar-refractivity contribution >= 4 is 44.4 Å². The van der Waals surface area contributed by atoms with E-state index in [1.165, 1.54) is 28.4 Å². The van der Waals surface area contributed by atoms with Crippen LogP contribution in [0, 0.1) is 17.7 Å². The second-order valence-electron chi connectivity index (χ2n) is 6.41. The second-order valence-corrected chi connectivity index (χ2v) is 7.44. The van der Waals surface area contributed by atoms with Crippen LogP contribution in [0.4, 0.5) is 9.52 Å². The molecule has 1 aromatic carbocycles. The summed E-state index contributed by atoms with van der Waals surface area (Å²) in [6, 6.07) is 4.22. The molecule has 2 aliphatic rings. The van der Waals surface area contributed by atoms with Crippen LogP contribution in [0.1, 0.15) is 19.3 Å². The predicted molar refractivity (Wildman–Crippen MR) is 94.9 cm³/mol. The zero-order valence-corrected chi connectivity index (χ0v) is 14.6. The minimum Gasteiger partial charge on any atom is -0.302 e. The van der Waals surface area contributed by atoms with Crippen LogP contribution in [-0.2, 0) is 14.4 Å². The number of carbonyl (C=O) groups is 3. The van der Waals surface area contributed by atoms with Gasteiger partial charge in [0.15, 0.2) is 5.13 Å². The minimum absolute atomic E-state index is 0.00857. The molecule has 1 saturated heterocycles. The number of imide groups is 1. The van der Waals surface area contributed by atoms with Gasteiger partial charge in [-0.05, 0) is 31.0 Å². The summed E-state index contributed by atoms with van der Waals surface area (Å²) < 4.78 is 13.9. The number of allylic oxidation sites excluding steroid dienone is 2. The zero-order chi connectivity index (χ0) is 18.3. The van der Waals surface area contributed by atoms with E-state index in [0.29, 0.717) is 28.2 Å². The summed E-state index contributed by atoms with van der Waals surface area (Å²) >= 11 is 1.18. The smallest absolute Gasteiger partial charge is 0.233 e. The van der Waals surface area contributed by atoms with Gasteiger partial charge in [-0.25, -0.2) is 9.37 Å². The molecule has 3 amide bonds. The quantitative estimate of drug-likeness (QED) is 0.660. The SMILES string of the molecule is O=C(CCN1C(=O)C2CC=CCC2C1=O)Nc1nc2ccc(F)cc2s1. The first-order chi connectivity index (χ1) is 12.5. The van der Waals surface area contributed by atoms with Crippen molar-refractivity contribution < 1.29 is 18.8 Å². The highest BCUT2D eigenvalue weighted by Gasteiger charge is 2.46. The predicted octanol–water partition coefficient (Wildman–Crippen LogP) is 2.72. The number of anilines is 1. The number of carbonyl (C=O) groups excluding carboxylic acids is 3. The van der Waals surface area contributed by atoms with Crippen molar-refractivity contribution in [3.05, 3.63) is 36.2 Å². The molecule has 8 heteroatoms. The van der Waals surface area contributed by atoms with Crippen LogP contribution in [0.3, 0.4) is 0 Å². The lowest BCUT2D eigenvalue weighted by atomic mass is 9.85. The van der Waals surface area contributed by atoms with E-state index < -0.39 is 0 Å². The number of aromatic nitrogens is 1. The van der Waals surface area contributed by atoms with E-state index >= 15 is 0 Å². The highest BCUT2D eigenvalue weighted by molar-refractivity contribution is 7.22. The molecule has 0 radical (unpaired) electrons. The van der Waals surface area contributed by atoms with Crippen molar-refractivity contribution in [2.75, 3.05) is 11.9 Å². The molecule has 1 N–H and O–H groups in total. The maximum absolute atomic E-state index is 13.2. The molecule has 2 aromatic rings. The summed E-state index contributed by atoms with van der Waals surface area (Å²) in [5, 5.41) is 3.02. The Kier molecular flexibility index (Phi) is 4.28. The van der Waals surface area contributed by atoms with E-state index in [-0.39, 0.29) is 48.3 Å². The van der Waals surface area contributed by atoms with Crippen molar-refractivity contribution in [2.24, 2.45) is 11.8 Å². The van der Waals surface area contributed by atoms with Gasteiger partial charge < -0.3 is 5.32 Å². The van der Waals surface area contributed by atoms with Crippen LogP contribution in [0.15, 0.2) is 30.4 Å². The zero-order valence-electron chi connectivity index (χ0n) is 13.8. The molecule has 2 atom stereocenters. The van der Waals surface area contributed by atoms with Gasteiger partial charge in [-0.15, -0.1) is 0 Å². The number of halogens is 1. The molecule has 4 rings (SSSR count). The molecule has 1 aromatic heterocycles. The van der Waals surface area contributed by atoms with Crippen LogP contribution in [-0.4, -0.2) is 34.2 Å². The average molecular weight is 373 g/mol. The molecule has 1 fully saturated rings. The van der Waals surface area contributed by atoms with Gasteiger partial charge in [0.2, 0.25) is 17.7 Å². The lowest BCUT2D eigenvalue weighted by Crippen LogP contribution is -2.34. The van der Waals surface area contributed by atoms with Gasteiger partial charge in [0.05, 0.1) is 22.1 Å². The van der Waals surface area contributed by atoms with E-state index in [2.05, 4.69) is 10.3 Å². The maximum Gasteiger partial charge on any atom is 0.233 e. The lowest BCUT2D eigenvalue weighted by molar-refractivity contribution is -0.140. The van der Waals surface area contributed by atoms with Gasteiger partial charge in [0, 0.05) is 13.0 Å². The number of benzene rings is 1. The minimum atomic E-state index is -0.360. The number of nitrogens with one attached hydrogen (secondary N) is 1. The number of nitrogens with zero attached hydrogens (tertiary/aromatic N) is 2. The first-order valence-corrected chi connectivity index (χ1v) is 9.21. The molecule has 2 unspecified atom stereocenters. The fourth-order valence-corrected chi connectivity index (χ4v) is 4.34. The first kappa shape index (κ1) is 16.8. The molecule has 0 spiro atoms. The fraction of sp³-hybridized carbons (Fsp3) is 0.333. The van der Waals surface area contributed by atoms with Crippen molar-refractivity contribution in [3.63, 3.8) is 0 Å². The largest absolute Gasteiger partial charge is 0.302 e. The number of fused-ring (bicyclic) bond motifs is 2. The van der Waals surface area contributed by atoms with Crippen LogP contribution in [0.2, 0.25) is 0 Å². The number of likely N-dealkylation sites (tertiary alicyclic amines) is 1. The Morgan fingerprint density at radius 1 is 1.23 bits per heavy atom. The van der Waals surface area contributed by atoms with Crippen LogP contribution >= 0.6 is 11.3 Å². The Balaban J connectivity index is 1.37. The third-order valence-electron chi connectivity index (χ3n) is 4.76. The van der Waals surface area contributed by atoms with Crippen molar-refractivity contribution in [3.8, 4) is 0 Å². The van der Waals surface area contributed by atoms with Crippen LogP contribution in [0.25, 0.3) is 10.2 Å². The molecule has 6 nitrogen and oxygen atoms in total. The van der Waals surface area contributed by atoms with Gasteiger partial charge in [-0.3, -0.25) is 19.3 Å². The first-order valence-electron chi connectivity index (χ1n) is 8.39. The van der Waals surface area contributed by atoms with Crippen molar-refractivity contribution in [1.82, 2.24) is 9.88 Å². The number of thiazole rings is 1. The highest BCUT2D eigenvalue weighted by Crippen LogP contribution is 2.35. The standard InChI is InChI=1S/C18H16FN3O3S/c19-10-5-6-13-14(9-10)26-18(20-13)21-15(23)7-8-22-16(24)11-3-1-2-4-12(11)17(22)25/h1-2,5-6,9,11-12H,3-4,7-8H2,(H,20,21,23). The van der Waals surface area contributed by atoms with Gasteiger partial charge in [0.1, 0.15) is 5.82 Å². The van der Waals surface area contributed by atoms with Crippen LogP contribution < -0.4 is 5.32 Å². The maximum atomic E-state index is 13.2. The molecule has 26 heavy (non-hydrogen) atoms. The van der Waals surface area contributed by atoms with Gasteiger partial charge >= 0.3 is 0 Å². The van der Waals surface area contributed by atoms with Crippen molar-refractivity contribution in [2.45, 2.75) is 19.3 Å².